The highest BCUT2D eigenvalue weighted by Crippen LogP contribution is 2.45. The molecular formula is C37H37N7O4. The van der Waals surface area contributed by atoms with E-state index in [1.54, 1.807) is 12.1 Å². The number of cyclic esters (lactones) is 2. The number of anilines is 3. The van der Waals surface area contributed by atoms with Crippen molar-refractivity contribution < 1.29 is 19.1 Å². The van der Waals surface area contributed by atoms with Gasteiger partial charge in [-0.3, -0.25) is 5.41 Å². The number of aromatic nitrogens is 2. The number of hydrogen-bond acceptors (Lipinski definition) is 11. The first-order valence-electron chi connectivity index (χ1n) is 16.5. The number of benzene rings is 3. The average molecular weight is 644 g/mol. The molecule has 11 nitrogen and oxygen atoms in total. The second-order valence-corrected chi connectivity index (χ2v) is 13.6. The number of fused-ring (bicyclic) bond motifs is 1. The van der Waals surface area contributed by atoms with E-state index in [4.69, 9.17) is 20.6 Å². The van der Waals surface area contributed by atoms with Gasteiger partial charge in [-0.15, -0.1) is 0 Å². The summed E-state index contributed by atoms with van der Waals surface area (Å²) in [7, 11) is 0. The van der Waals surface area contributed by atoms with Gasteiger partial charge in [0.15, 0.2) is 0 Å². The molecule has 244 valence electrons. The SMILES string of the molecule is N=C(c1ccc(Oc2ccccc2)cc1)c1c(N)ncnc1NC1CCC2(CC1)CN(CC1CN(c3ccc4c(c3)C(=O)OC4=O)C1)C2. The first-order chi connectivity index (χ1) is 23.3. The number of carbonyl (C=O) groups excluding carboxylic acids is 2. The van der Waals surface area contributed by atoms with Gasteiger partial charge in [-0.1, -0.05) is 18.2 Å². The number of para-hydroxylation sites is 1. The molecule has 3 aromatic carbocycles. The van der Waals surface area contributed by atoms with E-state index in [0.29, 0.717) is 45.2 Å². The Bertz CT molecular complexity index is 1880. The molecule has 0 radical (unpaired) electrons. The fourth-order valence-electron chi connectivity index (χ4n) is 7.66. The van der Waals surface area contributed by atoms with Crippen LogP contribution in [-0.4, -0.2) is 71.3 Å². The lowest BCUT2D eigenvalue weighted by atomic mass is 9.67. The van der Waals surface area contributed by atoms with E-state index >= 15 is 0 Å². The van der Waals surface area contributed by atoms with Crippen LogP contribution in [-0.2, 0) is 4.74 Å². The van der Waals surface area contributed by atoms with Crippen LogP contribution in [0.1, 0.15) is 57.5 Å². The van der Waals surface area contributed by atoms with E-state index in [1.807, 2.05) is 60.7 Å². The number of nitrogens with zero attached hydrogens (tertiary/aromatic N) is 4. The van der Waals surface area contributed by atoms with E-state index in [0.717, 1.165) is 69.8 Å². The molecule has 4 heterocycles. The molecule has 1 saturated carbocycles. The molecule has 1 spiro atoms. The van der Waals surface area contributed by atoms with Crippen molar-refractivity contribution in [3.05, 3.63) is 101 Å². The van der Waals surface area contributed by atoms with Gasteiger partial charge in [0.25, 0.3) is 0 Å². The van der Waals surface area contributed by atoms with Crippen LogP contribution in [0.2, 0.25) is 0 Å². The van der Waals surface area contributed by atoms with Crippen LogP contribution in [0.4, 0.5) is 17.3 Å². The third-order valence-electron chi connectivity index (χ3n) is 10.2. The van der Waals surface area contributed by atoms with Gasteiger partial charge in [0, 0.05) is 55.9 Å². The molecule has 0 amide bonds. The maximum absolute atomic E-state index is 11.9. The van der Waals surface area contributed by atoms with Crippen LogP contribution in [0.15, 0.2) is 79.1 Å². The quantitative estimate of drug-likeness (QED) is 0.124. The second kappa shape index (κ2) is 12.1. The van der Waals surface area contributed by atoms with Gasteiger partial charge in [-0.2, -0.15) is 0 Å². The highest BCUT2D eigenvalue weighted by Gasteiger charge is 2.46. The Morgan fingerprint density at radius 3 is 2.40 bits per heavy atom. The molecule has 0 atom stereocenters. The second-order valence-electron chi connectivity index (χ2n) is 13.6. The zero-order valence-electron chi connectivity index (χ0n) is 26.5. The lowest BCUT2D eigenvalue weighted by Crippen LogP contribution is -2.62. The minimum absolute atomic E-state index is 0.257. The van der Waals surface area contributed by atoms with Crippen molar-refractivity contribution in [2.24, 2.45) is 11.3 Å². The molecule has 1 aromatic heterocycles. The van der Waals surface area contributed by atoms with Gasteiger partial charge in [-0.25, -0.2) is 19.6 Å². The molecule has 3 aliphatic heterocycles. The smallest absolute Gasteiger partial charge is 0.346 e. The van der Waals surface area contributed by atoms with Crippen molar-refractivity contribution in [1.29, 1.82) is 5.41 Å². The molecule has 48 heavy (non-hydrogen) atoms. The number of esters is 2. The van der Waals surface area contributed by atoms with Gasteiger partial charge < -0.3 is 30.3 Å². The van der Waals surface area contributed by atoms with Crippen LogP contribution < -0.4 is 20.7 Å². The van der Waals surface area contributed by atoms with E-state index in [9.17, 15) is 9.59 Å². The Hall–Kier alpha value is -5.29. The maximum Gasteiger partial charge on any atom is 0.346 e. The largest absolute Gasteiger partial charge is 0.457 e. The molecule has 4 aliphatic rings. The average Bonchev–Trinajstić information content (AvgIpc) is 3.35. The van der Waals surface area contributed by atoms with Crippen LogP contribution in [0.5, 0.6) is 11.5 Å². The normalized spacial score (nSPS) is 19.0. The standard InChI is InChI=1S/C37H37N7O4/c38-32(24-6-9-28(10-7-24)47-27-4-2-1-3-5-27)31-33(39)40-22-41-34(31)42-25-12-14-37(15-13-25)20-43(21-37)17-23-18-44(19-23)26-8-11-29-30(16-26)36(46)48-35(29)45/h1-11,16,22-23,25,38H,12-15,17-21H2,(H3,39,40,41,42). The van der Waals surface area contributed by atoms with Gasteiger partial charge >= 0.3 is 11.9 Å². The highest BCUT2D eigenvalue weighted by atomic mass is 16.6. The number of nitrogen functional groups attached to an aromatic ring is 1. The first kappa shape index (κ1) is 30.1. The fourth-order valence-corrected chi connectivity index (χ4v) is 7.66. The summed E-state index contributed by atoms with van der Waals surface area (Å²) in [5, 5.41) is 12.6. The molecule has 0 bridgehead atoms. The lowest BCUT2D eigenvalue weighted by Gasteiger charge is -2.56. The van der Waals surface area contributed by atoms with Crippen LogP contribution in [0, 0.1) is 16.7 Å². The Morgan fingerprint density at radius 1 is 0.938 bits per heavy atom. The fraction of sp³-hybridized carbons (Fsp3) is 0.324. The lowest BCUT2D eigenvalue weighted by molar-refractivity contribution is -0.0399. The molecule has 4 N–H and O–H groups in total. The molecule has 3 fully saturated rings. The van der Waals surface area contributed by atoms with Gasteiger partial charge in [0.05, 0.1) is 22.4 Å². The maximum atomic E-state index is 11.9. The molecule has 8 rings (SSSR count). The highest BCUT2D eigenvalue weighted by molar-refractivity contribution is 6.16. The number of nitrogens with two attached hydrogens (primary N) is 1. The van der Waals surface area contributed by atoms with Crippen molar-refractivity contribution >= 4 is 35.0 Å². The van der Waals surface area contributed by atoms with Crippen molar-refractivity contribution in [2.45, 2.75) is 31.7 Å². The Labute approximate surface area is 278 Å². The van der Waals surface area contributed by atoms with Crippen molar-refractivity contribution in [3.8, 4) is 11.5 Å². The predicted octanol–water partition coefficient (Wildman–Crippen LogP) is 5.37. The number of ether oxygens (including phenoxy) is 2. The summed E-state index contributed by atoms with van der Waals surface area (Å²) in [6, 6.07) is 22.7. The summed E-state index contributed by atoms with van der Waals surface area (Å²) in [6.45, 7) is 5.23. The van der Waals surface area contributed by atoms with E-state index in [2.05, 4.69) is 25.1 Å². The van der Waals surface area contributed by atoms with Gasteiger partial charge in [0.1, 0.15) is 29.5 Å². The molecule has 4 aromatic rings. The Balaban J connectivity index is 0.821. The van der Waals surface area contributed by atoms with E-state index in [-0.39, 0.29) is 17.6 Å². The third-order valence-corrected chi connectivity index (χ3v) is 10.2. The molecule has 0 unspecified atom stereocenters. The van der Waals surface area contributed by atoms with Gasteiger partial charge in [0.2, 0.25) is 0 Å². The van der Waals surface area contributed by atoms with Crippen molar-refractivity contribution in [2.75, 3.05) is 48.7 Å². The summed E-state index contributed by atoms with van der Waals surface area (Å²) in [5.41, 5.74) is 9.89. The third kappa shape index (κ3) is 5.74. The Kier molecular flexibility index (Phi) is 7.55. The van der Waals surface area contributed by atoms with E-state index in [1.165, 1.54) is 6.33 Å². The molecule has 2 saturated heterocycles. The number of likely N-dealkylation sites (tertiary alicyclic amines) is 1. The summed E-state index contributed by atoms with van der Waals surface area (Å²) < 4.78 is 10.6. The minimum Gasteiger partial charge on any atom is -0.457 e. The molecular weight excluding hydrogens is 606 g/mol. The van der Waals surface area contributed by atoms with Crippen molar-refractivity contribution in [1.82, 2.24) is 14.9 Å². The van der Waals surface area contributed by atoms with Crippen LogP contribution in [0.25, 0.3) is 0 Å². The molecule has 1 aliphatic carbocycles. The monoisotopic (exact) mass is 643 g/mol. The van der Waals surface area contributed by atoms with Crippen molar-refractivity contribution in [3.63, 3.8) is 0 Å². The van der Waals surface area contributed by atoms with Gasteiger partial charge in [-0.05, 0) is 85.7 Å². The number of carbonyl (C=O) groups is 2. The zero-order chi connectivity index (χ0) is 32.8. The number of hydrogen-bond donors (Lipinski definition) is 3. The Morgan fingerprint density at radius 2 is 1.65 bits per heavy atom. The topological polar surface area (TPSA) is 147 Å². The zero-order valence-corrected chi connectivity index (χ0v) is 26.5. The first-order valence-corrected chi connectivity index (χ1v) is 16.5. The van der Waals surface area contributed by atoms with E-state index < -0.39 is 11.9 Å². The summed E-state index contributed by atoms with van der Waals surface area (Å²) >= 11 is 0. The van der Waals surface area contributed by atoms with Crippen LogP contribution in [0.3, 0.4) is 0 Å². The number of nitrogens with one attached hydrogen (secondary N) is 2. The minimum atomic E-state index is -0.559. The van der Waals surface area contributed by atoms with Crippen LogP contribution >= 0.6 is 0 Å². The summed E-state index contributed by atoms with van der Waals surface area (Å²) in [6.07, 6.45) is 5.84. The summed E-state index contributed by atoms with van der Waals surface area (Å²) in [4.78, 5) is 37.2. The summed E-state index contributed by atoms with van der Waals surface area (Å²) in [5.74, 6) is 1.82. The predicted molar refractivity (Wildman–Crippen MR) is 182 cm³/mol. The number of rotatable bonds is 9. The molecule has 11 heteroatoms.